The Morgan fingerprint density at radius 3 is 3.00 bits per heavy atom. The van der Waals surface area contributed by atoms with Crippen molar-refractivity contribution in [2.24, 2.45) is 0 Å². The van der Waals surface area contributed by atoms with Crippen LogP contribution in [0.5, 0.6) is 0 Å². The van der Waals surface area contributed by atoms with E-state index in [0.29, 0.717) is 18.1 Å². The number of Topliss-reactive ketones (excluding diaryl/α,β-unsaturated/α-hetero) is 1. The van der Waals surface area contributed by atoms with E-state index >= 15 is 0 Å². The summed E-state index contributed by atoms with van der Waals surface area (Å²) < 4.78 is 0. The molecule has 70 valence electrons. The van der Waals surface area contributed by atoms with Crippen molar-refractivity contribution in [3.63, 3.8) is 0 Å². The van der Waals surface area contributed by atoms with Crippen molar-refractivity contribution in [3.8, 4) is 0 Å². The molecule has 1 atom stereocenters. The van der Waals surface area contributed by atoms with Crippen LogP contribution in [0.2, 0.25) is 0 Å². The molecule has 0 radical (unpaired) electrons. The third kappa shape index (κ3) is 1.05. The Morgan fingerprint density at radius 1 is 1.21 bits per heavy atom. The quantitative estimate of drug-likeness (QED) is 0.606. The average molecular weight is 184 g/mol. The first kappa shape index (κ1) is 7.98. The van der Waals surface area contributed by atoms with E-state index < -0.39 is 0 Å². The van der Waals surface area contributed by atoms with Crippen molar-refractivity contribution >= 4 is 11.9 Å². The highest BCUT2D eigenvalue weighted by molar-refractivity contribution is 5.86. The molecule has 1 unspecified atom stereocenters. The molecule has 0 amide bonds. The number of hydrogen-bond donors (Lipinski definition) is 0. The standard InChI is InChI=1S/C13H12O/c14-11-5-6-13-10(8-11)7-9-3-1-2-4-12(9)13/h1-4,7,13H,5-6,8H2. The van der Waals surface area contributed by atoms with E-state index in [1.807, 2.05) is 0 Å². The Kier molecular flexibility index (Phi) is 1.60. The van der Waals surface area contributed by atoms with Gasteiger partial charge in [0.05, 0.1) is 0 Å². The second-order valence-electron chi connectivity index (χ2n) is 4.15. The van der Waals surface area contributed by atoms with Crippen LogP contribution in [-0.4, -0.2) is 5.78 Å². The maximum absolute atomic E-state index is 11.3. The van der Waals surface area contributed by atoms with Gasteiger partial charge >= 0.3 is 0 Å². The average Bonchev–Trinajstić information content (AvgIpc) is 2.54. The summed E-state index contributed by atoms with van der Waals surface area (Å²) in [5.41, 5.74) is 4.08. The molecule has 3 rings (SSSR count). The van der Waals surface area contributed by atoms with Crippen molar-refractivity contribution in [1.82, 2.24) is 0 Å². The normalized spacial score (nSPS) is 24.1. The Balaban J connectivity index is 2.06. The summed E-state index contributed by atoms with van der Waals surface area (Å²) in [5, 5.41) is 0. The minimum absolute atomic E-state index is 0.403. The smallest absolute Gasteiger partial charge is 0.136 e. The second kappa shape index (κ2) is 2.81. The lowest BCUT2D eigenvalue weighted by molar-refractivity contribution is -0.119. The van der Waals surface area contributed by atoms with Crippen molar-refractivity contribution in [1.29, 1.82) is 0 Å². The monoisotopic (exact) mass is 184 g/mol. The van der Waals surface area contributed by atoms with Crippen LogP contribution in [-0.2, 0) is 4.79 Å². The molecule has 1 saturated carbocycles. The summed E-state index contributed by atoms with van der Waals surface area (Å²) in [6.07, 6.45) is 4.66. The molecule has 0 N–H and O–H groups in total. The number of carbonyl (C=O) groups is 1. The van der Waals surface area contributed by atoms with Gasteiger partial charge in [-0.3, -0.25) is 4.79 Å². The molecule has 2 aliphatic rings. The maximum atomic E-state index is 11.3. The van der Waals surface area contributed by atoms with E-state index in [9.17, 15) is 4.79 Å². The van der Waals surface area contributed by atoms with Crippen LogP contribution in [0, 0.1) is 0 Å². The first-order valence-corrected chi connectivity index (χ1v) is 5.16. The highest BCUT2D eigenvalue weighted by Gasteiger charge is 2.29. The molecule has 14 heavy (non-hydrogen) atoms. The molecular formula is C13H12O. The Labute approximate surface area is 83.4 Å². The summed E-state index contributed by atoms with van der Waals surface area (Å²) in [5.74, 6) is 0.948. The maximum Gasteiger partial charge on any atom is 0.136 e. The van der Waals surface area contributed by atoms with E-state index in [1.165, 1.54) is 16.7 Å². The fraction of sp³-hybridized carbons (Fsp3) is 0.308. The topological polar surface area (TPSA) is 17.1 Å². The van der Waals surface area contributed by atoms with E-state index in [0.717, 1.165) is 12.8 Å². The number of hydrogen-bond acceptors (Lipinski definition) is 1. The van der Waals surface area contributed by atoms with Gasteiger partial charge in [-0.25, -0.2) is 0 Å². The van der Waals surface area contributed by atoms with Crippen LogP contribution in [0.15, 0.2) is 29.8 Å². The zero-order valence-electron chi connectivity index (χ0n) is 7.99. The highest BCUT2D eigenvalue weighted by atomic mass is 16.1. The number of benzene rings is 1. The van der Waals surface area contributed by atoms with Gasteiger partial charge in [0.2, 0.25) is 0 Å². The number of ketones is 1. The van der Waals surface area contributed by atoms with Crippen LogP contribution in [0.1, 0.15) is 36.3 Å². The number of allylic oxidation sites excluding steroid dienone is 1. The molecular weight excluding hydrogens is 172 g/mol. The molecule has 0 saturated heterocycles. The molecule has 1 aromatic rings. The largest absolute Gasteiger partial charge is 0.299 e. The van der Waals surface area contributed by atoms with E-state index in [4.69, 9.17) is 0 Å². The zero-order chi connectivity index (χ0) is 9.54. The molecule has 1 fully saturated rings. The van der Waals surface area contributed by atoms with E-state index in [2.05, 4.69) is 30.3 Å². The molecule has 0 bridgehead atoms. The van der Waals surface area contributed by atoms with Gasteiger partial charge < -0.3 is 0 Å². The molecule has 1 nitrogen and oxygen atoms in total. The van der Waals surface area contributed by atoms with Crippen LogP contribution < -0.4 is 0 Å². The van der Waals surface area contributed by atoms with E-state index in [1.54, 1.807) is 0 Å². The van der Waals surface area contributed by atoms with Gasteiger partial charge in [-0.05, 0) is 17.5 Å². The second-order valence-corrected chi connectivity index (χ2v) is 4.15. The predicted molar refractivity (Wildman–Crippen MR) is 56.0 cm³/mol. The summed E-state index contributed by atoms with van der Waals surface area (Å²) >= 11 is 0. The van der Waals surface area contributed by atoms with Crippen LogP contribution in [0.4, 0.5) is 0 Å². The SMILES string of the molecule is O=C1CCC2C(=Cc3ccccc32)C1. The summed E-state index contributed by atoms with van der Waals surface area (Å²) in [4.78, 5) is 11.3. The zero-order valence-corrected chi connectivity index (χ0v) is 7.99. The first-order valence-electron chi connectivity index (χ1n) is 5.16. The van der Waals surface area contributed by atoms with Crippen molar-refractivity contribution in [3.05, 3.63) is 41.0 Å². The van der Waals surface area contributed by atoms with Gasteiger partial charge in [0, 0.05) is 18.8 Å². The fourth-order valence-electron chi connectivity index (χ4n) is 2.60. The first-order chi connectivity index (χ1) is 6.84. The van der Waals surface area contributed by atoms with Gasteiger partial charge in [0.15, 0.2) is 0 Å². The van der Waals surface area contributed by atoms with Gasteiger partial charge in [-0.2, -0.15) is 0 Å². The number of rotatable bonds is 0. The summed E-state index contributed by atoms with van der Waals surface area (Å²) in [7, 11) is 0. The van der Waals surface area contributed by atoms with Gasteiger partial charge in [0.1, 0.15) is 5.78 Å². The van der Waals surface area contributed by atoms with Crippen molar-refractivity contribution in [2.75, 3.05) is 0 Å². The van der Waals surface area contributed by atoms with Crippen LogP contribution in [0.3, 0.4) is 0 Å². The summed E-state index contributed by atoms with van der Waals surface area (Å²) in [6, 6.07) is 8.49. The third-order valence-electron chi connectivity index (χ3n) is 3.27. The van der Waals surface area contributed by atoms with Crippen LogP contribution in [0.25, 0.3) is 6.08 Å². The summed E-state index contributed by atoms with van der Waals surface area (Å²) in [6.45, 7) is 0. The van der Waals surface area contributed by atoms with Crippen molar-refractivity contribution < 1.29 is 4.79 Å². The number of fused-ring (bicyclic) bond motifs is 3. The van der Waals surface area contributed by atoms with Crippen LogP contribution >= 0.6 is 0 Å². The molecule has 2 aliphatic carbocycles. The van der Waals surface area contributed by atoms with Gasteiger partial charge in [-0.15, -0.1) is 0 Å². The fourth-order valence-corrected chi connectivity index (χ4v) is 2.60. The Bertz CT molecular complexity index is 429. The third-order valence-corrected chi connectivity index (χ3v) is 3.27. The molecule has 1 heteroatoms. The minimum Gasteiger partial charge on any atom is -0.299 e. The Hall–Kier alpha value is -1.37. The molecule has 0 heterocycles. The van der Waals surface area contributed by atoms with E-state index in [-0.39, 0.29) is 0 Å². The van der Waals surface area contributed by atoms with Gasteiger partial charge in [-0.1, -0.05) is 35.9 Å². The van der Waals surface area contributed by atoms with Gasteiger partial charge in [0.25, 0.3) is 0 Å². The molecule has 0 aromatic heterocycles. The lowest BCUT2D eigenvalue weighted by atomic mass is 9.83. The minimum atomic E-state index is 0.403. The lowest BCUT2D eigenvalue weighted by Gasteiger charge is -2.20. The molecule has 0 aliphatic heterocycles. The lowest BCUT2D eigenvalue weighted by Crippen LogP contribution is -2.12. The number of carbonyl (C=O) groups excluding carboxylic acids is 1. The Morgan fingerprint density at radius 2 is 2.07 bits per heavy atom. The molecule has 0 spiro atoms. The highest BCUT2D eigenvalue weighted by Crippen LogP contribution is 2.43. The van der Waals surface area contributed by atoms with Crippen molar-refractivity contribution in [2.45, 2.75) is 25.2 Å². The molecule has 1 aromatic carbocycles. The predicted octanol–water partition coefficient (Wildman–Crippen LogP) is 2.92.